The molecule has 3 rings (SSSR count). The highest BCUT2D eigenvalue weighted by Gasteiger charge is 2.19. The van der Waals surface area contributed by atoms with Crippen LogP contribution in [-0.2, 0) is 13.0 Å². The number of nitrogen functional groups attached to an aromatic ring is 1. The number of carbonyl (C=O) groups is 1. The number of amides is 1. The SMILES string of the molecule is NNC(=O)c1cc(CN2CCCc3ccccc32)on1. The van der Waals surface area contributed by atoms with Crippen LogP contribution in [0.5, 0.6) is 0 Å². The molecular formula is C14H16N4O2. The summed E-state index contributed by atoms with van der Waals surface area (Å²) in [5.74, 6) is 5.28. The normalized spacial score (nSPS) is 13.9. The smallest absolute Gasteiger partial charge is 0.287 e. The molecule has 0 atom stereocenters. The summed E-state index contributed by atoms with van der Waals surface area (Å²) in [6.07, 6.45) is 2.21. The Balaban J connectivity index is 1.79. The molecule has 0 fully saturated rings. The third-order valence-corrected chi connectivity index (χ3v) is 3.48. The number of hydrogen-bond acceptors (Lipinski definition) is 5. The molecule has 1 amide bonds. The van der Waals surface area contributed by atoms with Gasteiger partial charge >= 0.3 is 0 Å². The van der Waals surface area contributed by atoms with Crippen LogP contribution in [0, 0.1) is 0 Å². The third-order valence-electron chi connectivity index (χ3n) is 3.48. The molecular weight excluding hydrogens is 256 g/mol. The van der Waals surface area contributed by atoms with E-state index in [0.717, 1.165) is 19.4 Å². The Hall–Kier alpha value is -2.34. The second-order valence-electron chi connectivity index (χ2n) is 4.81. The molecule has 1 aliphatic heterocycles. The zero-order valence-corrected chi connectivity index (χ0v) is 11.0. The molecule has 1 aromatic carbocycles. The van der Waals surface area contributed by atoms with Crippen LogP contribution in [0.2, 0.25) is 0 Å². The number of nitrogens with two attached hydrogens (primary N) is 1. The molecule has 0 unspecified atom stereocenters. The maximum atomic E-state index is 11.3. The Labute approximate surface area is 116 Å². The quantitative estimate of drug-likeness (QED) is 0.499. The van der Waals surface area contributed by atoms with E-state index in [1.165, 1.54) is 11.3 Å². The standard InChI is InChI=1S/C14H16N4O2/c15-16-14(19)12-8-11(20-17-12)9-18-7-3-5-10-4-1-2-6-13(10)18/h1-2,4,6,8H,3,5,7,9,15H2,(H,16,19). The number of aryl methyl sites for hydroxylation is 1. The lowest BCUT2D eigenvalue weighted by Gasteiger charge is -2.30. The van der Waals surface area contributed by atoms with Crippen molar-refractivity contribution in [3.8, 4) is 0 Å². The lowest BCUT2D eigenvalue weighted by atomic mass is 10.0. The van der Waals surface area contributed by atoms with Gasteiger partial charge in [0, 0.05) is 18.3 Å². The van der Waals surface area contributed by atoms with Gasteiger partial charge in [0.15, 0.2) is 11.5 Å². The van der Waals surface area contributed by atoms with Crippen LogP contribution in [-0.4, -0.2) is 17.6 Å². The van der Waals surface area contributed by atoms with Crippen LogP contribution >= 0.6 is 0 Å². The Kier molecular flexibility index (Phi) is 3.39. The molecule has 0 radical (unpaired) electrons. The van der Waals surface area contributed by atoms with Gasteiger partial charge in [-0.15, -0.1) is 0 Å². The fraction of sp³-hybridized carbons (Fsp3) is 0.286. The molecule has 0 aliphatic carbocycles. The largest absolute Gasteiger partial charge is 0.364 e. The van der Waals surface area contributed by atoms with Crippen LogP contribution in [0.25, 0.3) is 0 Å². The molecule has 0 saturated carbocycles. The molecule has 1 aliphatic rings. The first-order chi connectivity index (χ1) is 9.78. The molecule has 0 spiro atoms. The van der Waals surface area contributed by atoms with Crippen LogP contribution < -0.4 is 16.2 Å². The first kappa shape index (κ1) is 12.7. The van der Waals surface area contributed by atoms with E-state index in [4.69, 9.17) is 10.4 Å². The number of anilines is 1. The number of aromatic nitrogens is 1. The topological polar surface area (TPSA) is 84.4 Å². The number of para-hydroxylation sites is 1. The summed E-state index contributed by atoms with van der Waals surface area (Å²) in [6.45, 7) is 1.57. The molecule has 1 aromatic heterocycles. The summed E-state index contributed by atoms with van der Waals surface area (Å²) in [6, 6.07) is 9.97. The van der Waals surface area contributed by atoms with Gasteiger partial charge in [0.25, 0.3) is 5.91 Å². The van der Waals surface area contributed by atoms with Gasteiger partial charge in [0.2, 0.25) is 0 Å². The minimum absolute atomic E-state index is 0.202. The van der Waals surface area contributed by atoms with E-state index in [9.17, 15) is 4.79 Å². The molecule has 3 N–H and O–H groups in total. The van der Waals surface area contributed by atoms with Crippen molar-refractivity contribution in [2.45, 2.75) is 19.4 Å². The second-order valence-corrected chi connectivity index (χ2v) is 4.81. The molecule has 6 nitrogen and oxygen atoms in total. The van der Waals surface area contributed by atoms with Crippen LogP contribution in [0.3, 0.4) is 0 Å². The minimum atomic E-state index is -0.445. The highest BCUT2D eigenvalue weighted by Crippen LogP contribution is 2.28. The zero-order chi connectivity index (χ0) is 13.9. The summed E-state index contributed by atoms with van der Waals surface area (Å²) in [7, 11) is 0. The summed E-state index contributed by atoms with van der Waals surface area (Å²) < 4.78 is 5.20. The second kappa shape index (κ2) is 5.34. The van der Waals surface area contributed by atoms with E-state index in [2.05, 4.69) is 28.3 Å². The van der Waals surface area contributed by atoms with E-state index >= 15 is 0 Å². The zero-order valence-electron chi connectivity index (χ0n) is 11.0. The number of nitrogens with one attached hydrogen (secondary N) is 1. The van der Waals surface area contributed by atoms with E-state index in [0.29, 0.717) is 12.3 Å². The predicted octanol–water partition coefficient (Wildman–Crippen LogP) is 1.23. The van der Waals surface area contributed by atoms with Gasteiger partial charge < -0.3 is 9.42 Å². The van der Waals surface area contributed by atoms with Crippen molar-refractivity contribution in [3.63, 3.8) is 0 Å². The van der Waals surface area contributed by atoms with Crippen LogP contribution in [0.4, 0.5) is 5.69 Å². The Morgan fingerprint density at radius 3 is 3.15 bits per heavy atom. The summed E-state index contributed by atoms with van der Waals surface area (Å²) in [5, 5.41) is 3.71. The van der Waals surface area contributed by atoms with Crippen molar-refractivity contribution in [1.29, 1.82) is 0 Å². The van der Waals surface area contributed by atoms with Gasteiger partial charge in [0.05, 0.1) is 6.54 Å². The Morgan fingerprint density at radius 2 is 2.30 bits per heavy atom. The third kappa shape index (κ3) is 2.37. The Morgan fingerprint density at radius 1 is 1.45 bits per heavy atom. The van der Waals surface area contributed by atoms with E-state index in [1.54, 1.807) is 6.07 Å². The van der Waals surface area contributed by atoms with Crippen molar-refractivity contribution >= 4 is 11.6 Å². The number of benzene rings is 1. The minimum Gasteiger partial charge on any atom is -0.364 e. The van der Waals surface area contributed by atoms with Gasteiger partial charge in [-0.05, 0) is 24.5 Å². The molecule has 20 heavy (non-hydrogen) atoms. The van der Waals surface area contributed by atoms with Gasteiger partial charge in [-0.3, -0.25) is 10.2 Å². The summed E-state index contributed by atoms with van der Waals surface area (Å²) in [4.78, 5) is 13.6. The van der Waals surface area contributed by atoms with Crippen LogP contribution in [0.15, 0.2) is 34.9 Å². The van der Waals surface area contributed by atoms with E-state index in [-0.39, 0.29) is 5.69 Å². The van der Waals surface area contributed by atoms with E-state index < -0.39 is 5.91 Å². The fourth-order valence-electron chi connectivity index (χ4n) is 2.53. The number of hydrogen-bond donors (Lipinski definition) is 2. The molecule has 2 aromatic rings. The lowest BCUT2D eigenvalue weighted by Crippen LogP contribution is -2.30. The number of rotatable bonds is 3. The van der Waals surface area contributed by atoms with E-state index in [1.807, 2.05) is 11.5 Å². The van der Waals surface area contributed by atoms with Crippen LogP contribution in [0.1, 0.15) is 28.2 Å². The monoisotopic (exact) mass is 272 g/mol. The number of nitrogens with zero attached hydrogens (tertiary/aromatic N) is 2. The average Bonchev–Trinajstić information content (AvgIpc) is 2.95. The predicted molar refractivity (Wildman–Crippen MR) is 74.0 cm³/mol. The average molecular weight is 272 g/mol. The van der Waals surface area contributed by atoms with Gasteiger partial charge in [-0.2, -0.15) is 0 Å². The Bertz CT molecular complexity index is 623. The van der Waals surface area contributed by atoms with Crippen molar-refractivity contribution in [1.82, 2.24) is 10.6 Å². The summed E-state index contributed by atoms with van der Waals surface area (Å²) in [5.41, 5.74) is 4.81. The summed E-state index contributed by atoms with van der Waals surface area (Å²) >= 11 is 0. The highest BCUT2D eigenvalue weighted by atomic mass is 16.5. The van der Waals surface area contributed by atoms with Crippen molar-refractivity contribution in [2.75, 3.05) is 11.4 Å². The maximum absolute atomic E-state index is 11.3. The molecule has 6 heteroatoms. The van der Waals surface area contributed by atoms with Gasteiger partial charge in [-0.1, -0.05) is 23.4 Å². The highest BCUT2D eigenvalue weighted by molar-refractivity contribution is 5.91. The number of hydrazine groups is 1. The van der Waals surface area contributed by atoms with Crippen molar-refractivity contribution in [2.24, 2.45) is 5.84 Å². The fourth-order valence-corrected chi connectivity index (χ4v) is 2.53. The van der Waals surface area contributed by atoms with Crippen molar-refractivity contribution in [3.05, 3.63) is 47.3 Å². The first-order valence-corrected chi connectivity index (χ1v) is 6.57. The number of fused-ring (bicyclic) bond motifs is 1. The molecule has 104 valence electrons. The lowest BCUT2D eigenvalue weighted by molar-refractivity contribution is 0.0944. The maximum Gasteiger partial charge on any atom is 0.287 e. The number of carbonyl (C=O) groups excluding carboxylic acids is 1. The molecule has 0 saturated heterocycles. The van der Waals surface area contributed by atoms with Gasteiger partial charge in [-0.25, -0.2) is 5.84 Å². The first-order valence-electron chi connectivity index (χ1n) is 6.57. The molecule has 2 heterocycles. The van der Waals surface area contributed by atoms with Gasteiger partial charge in [0.1, 0.15) is 0 Å². The molecule has 0 bridgehead atoms. The van der Waals surface area contributed by atoms with Crippen molar-refractivity contribution < 1.29 is 9.32 Å².